The Morgan fingerprint density at radius 3 is 2.50 bits per heavy atom. The van der Waals surface area contributed by atoms with Gasteiger partial charge in [-0.25, -0.2) is 0 Å². The van der Waals surface area contributed by atoms with Gasteiger partial charge in [0.15, 0.2) is 11.5 Å². The Bertz CT molecular complexity index is 627. The van der Waals surface area contributed by atoms with E-state index in [0.29, 0.717) is 24.7 Å². The molecule has 1 atom stereocenters. The van der Waals surface area contributed by atoms with Crippen LogP contribution in [0.4, 0.5) is 0 Å². The van der Waals surface area contributed by atoms with Crippen molar-refractivity contribution in [3.63, 3.8) is 0 Å². The summed E-state index contributed by atoms with van der Waals surface area (Å²) in [6.45, 7) is 6.75. The van der Waals surface area contributed by atoms with Crippen LogP contribution >= 0.6 is 0 Å². The molecular weight excluding hydrogens is 334 g/mol. The number of ether oxygens (including phenoxy) is 3. The maximum absolute atomic E-state index is 12.6. The number of nitrogens with zero attached hydrogens (tertiary/aromatic N) is 1. The van der Waals surface area contributed by atoms with E-state index in [-0.39, 0.29) is 24.3 Å². The van der Waals surface area contributed by atoms with Gasteiger partial charge in [0, 0.05) is 18.7 Å². The molecule has 0 heterocycles. The normalized spacial score (nSPS) is 11.9. The minimum atomic E-state index is -0.327. The number of methoxy groups -OCH3 is 2. The van der Waals surface area contributed by atoms with Crippen LogP contribution in [0.15, 0.2) is 24.3 Å². The molecule has 0 N–H and O–H groups in total. The summed E-state index contributed by atoms with van der Waals surface area (Å²) >= 11 is 0. The minimum Gasteiger partial charge on any atom is -0.493 e. The van der Waals surface area contributed by atoms with Crippen LogP contribution in [0.5, 0.6) is 11.5 Å². The van der Waals surface area contributed by atoms with Crippen LogP contribution < -0.4 is 9.47 Å². The summed E-state index contributed by atoms with van der Waals surface area (Å²) in [6.07, 6.45) is 4.22. The molecule has 0 bridgehead atoms. The van der Waals surface area contributed by atoms with Crippen molar-refractivity contribution in [2.45, 2.75) is 39.7 Å². The molecule has 6 nitrogen and oxygen atoms in total. The van der Waals surface area contributed by atoms with E-state index in [1.165, 1.54) is 13.2 Å². The highest BCUT2D eigenvalue weighted by Crippen LogP contribution is 2.28. The lowest BCUT2D eigenvalue weighted by Crippen LogP contribution is -2.38. The number of esters is 1. The Morgan fingerprint density at radius 2 is 1.92 bits per heavy atom. The summed E-state index contributed by atoms with van der Waals surface area (Å²) in [5.41, 5.74) is 0.829. The second-order valence-electron chi connectivity index (χ2n) is 5.79. The van der Waals surface area contributed by atoms with Gasteiger partial charge >= 0.3 is 5.97 Å². The maximum atomic E-state index is 12.6. The molecule has 0 saturated carbocycles. The first-order valence-corrected chi connectivity index (χ1v) is 8.83. The standard InChI is InChI=1S/C20H29NO5/c1-6-15(3)21(13-12-20(23)25-5)19(22)11-9-16-8-10-17(26-7-2)18(14-16)24-4/h8-11,14-15H,6-7,12-13H2,1-5H3/b11-9+. The number of hydrogen-bond acceptors (Lipinski definition) is 5. The van der Waals surface area contributed by atoms with Crippen molar-refractivity contribution >= 4 is 18.0 Å². The van der Waals surface area contributed by atoms with E-state index in [0.717, 1.165) is 12.0 Å². The highest BCUT2D eigenvalue weighted by Gasteiger charge is 2.18. The third kappa shape index (κ3) is 6.43. The van der Waals surface area contributed by atoms with Crippen molar-refractivity contribution in [3.05, 3.63) is 29.8 Å². The fourth-order valence-electron chi connectivity index (χ4n) is 2.41. The number of hydrogen-bond donors (Lipinski definition) is 0. The zero-order chi connectivity index (χ0) is 19.5. The lowest BCUT2D eigenvalue weighted by atomic mass is 10.1. The number of carbonyl (C=O) groups is 2. The van der Waals surface area contributed by atoms with Gasteiger partial charge in [0.2, 0.25) is 5.91 Å². The van der Waals surface area contributed by atoms with Crippen LogP contribution in [0.3, 0.4) is 0 Å². The molecule has 0 aliphatic carbocycles. The Labute approximate surface area is 155 Å². The van der Waals surface area contributed by atoms with Gasteiger partial charge in [-0.05, 0) is 44.0 Å². The Morgan fingerprint density at radius 1 is 1.19 bits per heavy atom. The lowest BCUT2D eigenvalue weighted by Gasteiger charge is -2.27. The molecular formula is C20H29NO5. The van der Waals surface area contributed by atoms with Gasteiger partial charge in [-0.15, -0.1) is 0 Å². The molecule has 1 rings (SSSR count). The highest BCUT2D eigenvalue weighted by molar-refractivity contribution is 5.92. The molecule has 0 saturated heterocycles. The van der Waals surface area contributed by atoms with Crippen molar-refractivity contribution in [1.29, 1.82) is 0 Å². The lowest BCUT2D eigenvalue weighted by molar-refractivity contribution is -0.141. The molecule has 0 aromatic heterocycles. The molecule has 26 heavy (non-hydrogen) atoms. The summed E-state index contributed by atoms with van der Waals surface area (Å²) in [4.78, 5) is 25.6. The molecule has 1 aromatic rings. The molecule has 0 fully saturated rings. The van der Waals surface area contributed by atoms with Gasteiger partial charge in [0.25, 0.3) is 0 Å². The molecule has 6 heteroatoms. The van der Waals surface area contributed by atoms with E-state index in [2.05, 4.69) is 4.74 Å². The van der Waals surface area contributed by atoms with E-state index in [1.807, 2.05) is 39.0 Å². The molecule has 144 valence electrons. The fraction of sp³-hybridized carbons (Fsp3) is 0.500. The van der Waals surface area contributed by atoms with Gasteiger partial charge in [-0.2, -0.15) is 0 Å². The predicted octanol–water partition coefficient (Wildman–Crippen LogP) is 3.30. The molecule has 1 unspecified atom stereocenters. The maximum Gasteiger partial charge on any atom is 0.307 e. The van der Waals surface area contributed by atoms with Crippen molar-refractivity contribution < 1.29 is 23.8 Å². The summed E-state index contributed by atoms with van der Waals surface area (Å²) < 4.78 is 15.5. The summed E-state index contributed by atoms with van der Waals surface area (Å²) in [5.74, 6) is 0.811. The Balaban J connectivity index is 2.88. The molecule has 0 aliphatic heterocycles. The van der Waals surface area contributed by atoms with E-state index in [4.69, 9.17) is 9.47 Å². The Hall–Kier alpha value is -2.50. The second kappa shape index (κ2) is 11.2. The van der Waals surface area contributed by atoms with Gasteiger partial charge < -0.3 is 19.1 Å². The molecule has 0 spiro atoms. The first-order valence-electron chi connectivity index (χ1n) is 8.83. The van der Waals surface area contributed by atoms with Crippen molar-refractivity contribution in [2.24, 2.45) is 0 Å². The SMILES string of the molecule is CCOc1ccc(/C=C/C(=O)N(CCC(=O)OC)C(C)CC)cc1OC. The molecule has 1 amide bonds. The van der Waals surface area contributed by atoms with Crippen LogP contribution in [0, 0.1) is 0 Å². The molecule has 1 aromatic carbocycles. The van der Waals surface area contributed by atoms with E-state index < -0.39 is 0 Å². The number of rotatable bonds is 10. The number of amides is 1. The van der Waals surface area contributed by atoms with Crippen molar-refractivity contribution in [3.8, 4) is 11.5 Å². The third-order valence-electron chi connectivity index (χ3n) is 4.10. The summed E-state index contributed by atoms with van der Waals surface area (Å²) in [5, 5.41) is 0. The molecule has 0 radical (unpaired) electrons. The highest BCUT2D eigenvalue weighted by atomic mass is 16.5. The molecule has 0 aliphatic rings. The van der Waals surface area contributed by atoms with E-state index >= 15 is 0 Å². The largest absolute Gasteiger partial charge is 0.493 e. The topological polar surface area (TPSA) is 65.1 Å². The van der Waals surface area contributed by atoms with Crippen LogP contribution in [0.1, 0.15) is 39.2 Å². The van der Waals surface area contributed by atoms with Gasteiger partial charge in [-0.3, -0.25) is 9.59 Å². The average Bonchev–Trinajstić information content (AvgIpc) is 2.66. The number of benzene rings is 1. The summed E-state index contributed by atoms with van der Waals surface area (Å²) in [7, 11) is 2.92. The van der Waals surface area contributed by atoms with Crippen molar-refractivity contribution in [1.82, 2.24) is 4.90 Å². The van der Waals surface area contributed by atoms with Crippen molar-refractivity contribution in [2.75, 3.05) is 27.4 Å². The van der Waals surface area contributed by atoms with E-state index in [1.54, 1.807) is 18.1 Å². The summed E-state index contributed by atoms with van der Waals surface area (Å²) in [6, 6.07) is 5.53. The Kier molecular flexibility index (Phi) is 9.26. The predicted molar refractivity (Wildman–Crippen MR) is 101 cm³/mol. The smallest absolute Gasteiger partial charge is 0.307 e. The average molecular weight is 363 g/mol. The first-order chi connectivity index (χ1) is 12.5. The zero-order valence-corrected chi connectivity index (χ0v) is 16.3. The third-order valence-corrected chi connectivity index (χ3v) is 4.10. The van der Waals surface area contributed by atoms with Crippen LogP contribution in [-0.2, 0) is 14.3 Å². The first kappa shape index (κ1) is 21.5. The quantitative estimate of drug-likeness (QED) is 0.471. The monoisotopic (exact) mass is 363 g/mol. The van der Waals surface area contributed by atoms with Crippen LogP contribution in [0.2, 0.25) is 0 Å². The van der Waals surface area contributed by atoms with E-state index in [9.17, 15) is 9.59 Å². The van der Waals surface area contributed by atoms with Gasteiger partial charge in [0.1, 0.15) is 0 Å². The second-order valence-corrected chi connectivity index (χ2v) is 5.79. The number of carbonyl (C=O) groups excluding carboxylic acids is 2. The fourth-order valence-corrected chi connectivity index (χ4v) is 2.41. The van der Waals surface area contributed by atoms with Gasteiger partial charge in [0.05, 0.1) is 27.2 Å². The van der Waals surface area contributed by atoms with Crippen LogP contribution in [0.25, 0.3) is 6.08 Å². The zero-order valence-electron chi connectivity index (χ0n) is 16.3. The minimum absolute atomic E-state index is 0.0340. The van der Waals surface area contributed by atoms with Gasteiger partial charge in [-0.1, -0.05) is 13.0 Å². The van der Waals surface area contributed by atoms with Crippen LogP contribution in [-0.4, -0.2) is 50.2 Å².